The second-order valence-electron chi connectivity index (χ2n) is 5.76. The van der Waals surface area contributed by atoms with E-state index >= 15 is 0 Å². The van der Waals surface area contributed by atoms with Crippen LogP contribution < -0.4 is 5.32 Å². The van der Waals surface area contributed by atoms with Gasteiger partial charge in [0, 0.05) is 37.2 Å². The zero-order valence-corrected chi connectivity index (χ0v) is 15.0. The van der Waals surface area contributed by atoms with E-state index in [4.69, 9.17) is 4.42 Å². The molecule has 134 valence electrons. The number of nitrogens with zero attached hydrogens (tertiary/aromatic N) is 4. The molecular weight excluding hydrogens is 352 g/mol. The zero-order chi connectivity index (χ0) is 17.1. The van der Waals surface area contributed by atoms with E-state index in [0.29, 0.717) is 6.54 Å². The lowest BCUT2D eigenvalue weighted by Gasteiger charge is -2.07. The van der Waals surface area contributed by atoms with Crippen LogP contribution in [-0.2, 0) is 13.1 Å². The van der Waals surface area contributed by atoms with Crippen LogP contribution >= 0.6 is 12.4 Å². The van der Waals surface area contributed by atoms with Gasteiger partial charge < -0.3 is 9.73 Å². The van der Waals surface area contributed by atoms with Crippen molar-refractivity contribution in [3.05, 3.63) is 72.0 Å². The summed E-state index contributed by atoms with van der Waals surface area (Å²) >= 11 is 0. The van der Waals surface area contributed by atoms with E-state index in [2.05, 4.69) is 25.6 Å². The van der Waals surface area contributed by atoms with Crippen molar-refractivity contribution < 1.29 is 4.42 Å². The lowest BCUT2D eigenvalue weighted by molar-refractivity contribution is 0.545. The van der Waals surface area contributed by atoms with Crippen molar-refractivity contribution >= 4 is 12.4 Å². The fourth-order valence-corrected chi connectivity index (χ4v) is 2.67. The van der Waals surface area contributed by atoms with Gasteiger partial charge in [-0.15, -0.1) is 12.4 Å². The molecule has 0 radical (unpaired) electrons. The summed E-state index contributed by atoms with van der Waals surface area (Å²) in [6, 6.07) is 9.79. The van der Waals surface area contributed by atoms with Crippen LogP contribution in [0.1, 0.15) is 16.9 Å². The molecule has 0 aliphatic heterocycles. The highest BCUT2D eigenvalue weighted by molar-refractivity contribution is 5.85. The Kier molecular flexibility index (Phi) is 5.50. The van der Waals surface area contributed by atoms with Crippen molar-refractivity contribution in [1.29, 1.82) is 0 Å². The van der Waals surface area contributed by atoms with Gasteiger partial charge in [0.25, 0.3) is 0 Å². The molecule has 0 saturated heterocycles. The Hall–Kier alpha value is -2.90. The molecule has 0 saturated carbocycles. The number of furan rings is 1. The highest BCUT2D eigenvalue weighted by atomic mass is 35.5. The van der Waals surface area contributed by atoms with Crippen LogP contribution in [0.4, 0.5) is 0 Å². The van der Waals surface area contributed by atoms with Gasteiger partial charge in [0.05, 0.1) is 6.20 Å². The van der Waals surface area contributed by atoms with Crippen LogP contribution in [0.25, 0.3) is 17.3 Å². The second kappa shape index (κ2) is 7.99. The van der Waals surface area contributed by atoms with Gasteiger partial charge in [0.15, 0.2) is 11.6 Å². The summed E-state index contributed by atoms with van der Waals surface area (Å²) in [5.41, 5.74) is 3.11. The number of rotatable bonds is 6. The summed E-state index contributed by atoms with van der Waals surface area (Å²) in [7, 11) is 0. The Balaban J connectivity index is 0.00000196. The number of aryl methyl sites for hydroxylation is 1. The molecule has 4 aromatic heterocycles. The van der Waals surface area contributed by atoms with E-state index in [1.807, 2.05) is 49.6 Å². The molecule has 0 fully saturated rings. The molecule has 7 nitrogen and oxygen atoms in total. The zero-order valence-electron chi connectivity index (χ0n) is 14.2. The molecule has 0 unspecified atom stereocenters. The molecule has 8 heteroatoms. The number of hydrogen-bond donors (Lipinski definition) is 2. The molecular formula is C18H19ClN6O. The Labute approximate surface area is 156 Å². The fourth-order valence-electron chi connectivity index (χ4n) is 2.67. The van der Waals surface area contributed by atoms with Crippen LogP contribution in [0.15, 0.2) is 59.5 Å². The average molecular weight is 371 g/mol. The van der Waals surface area contributed by atoms with Gasteiger partial charge in [0.2, 0.25) is 0 Å². The summed E-state index contributed by atoms with van der Waals surface area (Å²) in [6.07, 6.45) is 7.23. The Morgan fingerprint density at radius 1 is 1.19 bits per heavy atom. The quantitative estimate of drug-likeness (QED) is 0.544. The Morgan fingerprint density at radius 3 is 2.88 bits per heavy atom. The highest BCUT2D eigenvalue weighted by Crippen LogP contribution is 2.23. The van der Waals surface area contributed by atoms with Gasteiger partial charge >= 0.3 is 0 Å². The number of pyridine rings is 1. The second-order valence-corrected chi connectivity index (χ2v) is 5.76. The van der Waals surface area contributed by atoms with Crippen LogP contribution in [0, 0.1) is 6.92 Å². The molecule has 26 heavy (non-hydrogen) atoms. The molecule has 4 heterocycles. The van der Waals surface area contributed by atoms with Crippen molar-refractivity contribution in [3.8, 4) is 17.3 Å². The number of H-pyrrole nitrogens is 1. The number of aromatic amines is 1. The van der Waals surface area contributed by atoms with Gasteiger partial charge in [-0.05, 0) is 42.8 Å². The van der Waals surface area contributed by atoms with Gasteiger partial charge in [-0.25, -0.2) is 9.67 Å². The molecule has 0 amide bonds. The van der Waals surface area contributed by atoms with Gasteiger partial charge in [-0.2, -0.15) is 10.2 Å². The van der Waals surface area contributed by atoms with E-state index in [-0.39, 0.29) is 12.4 Å². The van der Waals surface area contributed by atoms with Gasteiger partial charge in [-0.3, -0.25) is 5.10 Å². The van der Waals surface area contributed by atoms with E-state index < -0.39 is 0 Å². The van der Waals surface area contributed by atoms with Crippen LogP contribution in [0.2, 0.25) is 0 Å². The largest absolute Gasteiger partial charge is 0.460 e. The molecule has 4 aromatic rings. The Morgan fingerprint density at radius 2 is 2.12 bits per heavy atom. The van der Waals surface area contributed by atoms with Gasteiger partial charge in [-0.1, -0.05) is 0 Å². The third kappa shape index (κ3) is 3.84. The standard InChI is InChI=1S/C18H18N6O.ClH/c1-13-3-4-16(25-13)18-15(12-21-23-18)11-19-10-14-5-7-20-17(9-14)24-8-2-6-22-24;/h2-9,12,19H,10-11H2,1H3,(H,21,23);1H. The topological polar surface area (TPSA) is 84.6 Å². The highest BCUT2D eigenvalue weighted by Gasteiger charge is 2.11. The molecule has 0 aromatic carbocycles. The average Bonchev–Trinajstić information content (AvgIpc) is 3.36. The van der Waals surface area contributed by atoms with Crippen LogP contribution in [0.5, 0.6) is 0 Å². The minimum atomic E-state index is 0. The summed E-state index contributed by atoms with van der Waals surface area (Å²) < 4.78 is 7.42. The van der Waals surface area contributed by atoms with Gasteiger partial charge in [0.1, 0.15) is 11.5 Å². The molecule has 0 spiro atoms. The van der Waals surface area contributed by atoms with Crippen molar-refractivity contribution in [2.75, 3.05) is 0 Å². The maximum absolute atomic E-state index is 5.67. The number of halogens is 1. The molecule has 2 N–H and O–H groups in total. The molecule has 4 rings (SSSR count). The maximum atomic E-state index is 5.67. The van der Waals surface area contributed by atoms with Crippen molar-refractivity contribution in [2.24, 2.45) is 0 Å². The lowest BCUT2D eigenvalue weighted by Crippen LogP contribution is -2.13. The summed E-state index contributed by atoms with van der Waals surface area (Å²) in [6.45, 7) is 3.34. The first-order chi connectivity index (χ1) is 12.3. The smallest absolute Gasteiger partial charge is 0.153 e. The Bertz CT molecular complexity index is 960. The predicted octanol–water partition coefficient (Wildman–Crippen LogP) is 3.27. The summed E-state index contributed by atoms with van der Waals surface area (Å²) in [5, 5.41) is 14.8. The van der Waals surface area contributed by atoms with Crippen molar-refractivity contribution in [1.82, 2.24) is 30.3 Å². The first-order valence-corrected chi connectivity index (χ1v) is 8.04. The van der Waals surface area contributed by atoms with Crippen LogP contribution in [-0.4, -0.2) is 25.0 Å². The van der Waals surface area contributed by atoms with Crippen molar-refractivity contribution in [2.45, 2.75) is 20.0 Å². The SMILES string of the molecule is Cc1ccc(-c2[nH]ncc2CNCc2ccnc(-n3cccn3)c2)o1.Cl. The van der Waals surface area contributed by atoms with Crippen LogP contribution in [0.3, 0.4) is 0 Å². The third-order valence-corrected chi connectivity index (χ3v) is 3.90. The molecule has 0 bridgehead atoms. The van der Waals surface area contributed by atoms with E-state index in [0.717, 1.165) is 40.7 Å². The van der Waals surface area contributed by atoms with E-state index in [1.165, 1.54) is 0 Å². The fraction of sp³-hybridized carbons (Fsp3) is 0.167. The number of aromatic nitrogens is 5. The third-order valence-electron chi connectivity index (χ3n) is 3.90. The molecule has 0 aliphatic carbocycles. The monoisotopic (exact) mass is 370 g/mol. The minimum Gasteiger partial charge on any atom is -0.460 e. The van der Waals surface area contributed by atoms with Crippen molar-refractivity contribution in [3.63, 3.8) is 0 Å². The van der Waals surface area contributed by atoms with E-state index in [1.54, 1.807) is 17.1 Å². The minimum absolute atomic E-state index is 0. The predicted molar refractivity (Wildman–Crippen MR) is 100 cm³/mol. The maximum Gasteiger partial charge on any atom is 0.153 e. The first-order valence-electron chi connectivity index (χ1n) is 8.04. The molecule has 0 atom stereocenters. The summed E-state index contributed by atoms with van der Waals surface area (Å²) in [5.74, 6) is 2.49. The number of hydrogen-bond acceptors (Lipinski definition) is 5. The summed E-state index contributed by atoms with van der Waals surface area (Å²) in [4.78, 5) is 4.34. The van der Waals surface area contributed by atoms with E-state index in [9.17, 15) is 0 Å². The lowest BCUT2D eigenvalue weighted by atomic mass is 10.2. The molecule has 0 aliphatic rings. The first kappa shape index (κ1) is 17.9. The number of nitrogens with one attached hydrogen (secondary N) is 2. The normalized spacial score (nSPS) is 10.7.